The lowest BCUT2D eigenvalue weighted by Gasteiger charge is -2.40. The molecule has 0 bridgehead atoms. The molecule has 0 saturated carbocycles. The molecule has 1 fully saturated rings. The predicted octanol–water partition coefficient (Wildman–Crippen LogP) is 13.1. The smallest absolute Gasteiger partial charge is 0.220 e. The maximum absolute atomic E-state index is 13.1. The molecule has 2 unspecified atom stereocenters. The lowest BCUT2D eigenvalue weighted by molar-refractivity contribution is -0.302. The van der Waals surface area contributed by atoms with Crippen molar-refractivity contribution in [2.75, 3.05) is 13.2 Å². The van der Waals surface area contributed by atoms with Gasteiger partial charge < -0.3 is 40.3 Å². The van der Waals surface area contributed by atoms with Crippen molar-refractivity contribution in [2.24, 2.45) is 0 Å². The van der Waals surface area contributed by atoms with Gasteiger partial charge in [0.25, 0.3) is 0 Å². The van der Waals surface area contributed by atoms with Crippen LogP contribution in [0.15, 0.2) is 0 Å². The highest BCUT2D eigenvalue weighted by atomic mass is 16.7. The van der Waals surface area contributed by atoms with Gasteiger partial charge in [0.1, 0.15) is 24.4 Å². The van der Waals surface area contributed by atoms with Crippen LogP contribution in [0.4, 0.5) is 0 Å². The summed E-state index contributed by atoms with van der Waals surface area (Å²) < 4.78 is 11.3. The highest BCUT2D eigenvalue weighted by Gasteiger charge is 2.44. The summed E-state index contributed by atoms with van der Waals surface area (Å²) in [6.45, 7) is 3.88. The third-order valence-electron chi connectivity index (χ3n) is 13.7. The van der Waals surface area contributed by atoms with Crippen molar-refractivity contribution in [1.82, 2.24) is 5.32 Å². The zero-order valence-corrected chi connectivity index (χ0v) is 41.6. The second-order valence-electron chi connectivity index (χ2n) is 19.7. The molecular weight excluding hydrogens is 791 g/mol. The van der Waals surface area contributed by atoms with Crippen molar-refractivity contribution in [3.05, 3.63) is 0 Å². The summed E-state index contributed by atoms with van der Waals surface area (Å²) in [5, 5.41) is 54.6. The Bertz CT molecular complexity index is 955. The number of hydrogen-bond acceptors (Lipinski definition) is 8. The summed E-state index contributed by atoms with van der Waals surface area (Å²) in [7, 11) is 0. The third kappa shape index (κ3) is 35.1. The van der Waals surface area contributed by atoms with Crippen LogP contribution >= 0.6 is 0 Å². The van der Waals surface area contributed by atoms with Gasteiger partial charge in [-0.25, -0.2) is 0 Å². The quantitative estimate of drug-likeness (QED) is 0.0331. The summed E-state index contributed by atoms with van der Waals surface area (Å²) in [5.74, 6) is -0.137. The zero-order chi connectivity index (χ0) is 45.9. The van der Waals surface area contributed by atoms with Gasteiger partial charge in [-0.3, -0.25) is 4.79 Å². The molecule has 0 aromatic heterocycles. The SMILES string of the molecule is CCCCCCCCCCCCCCCCCCCCCCCCCC(=O)N[C@@H](CO[C@H]1O[C@@H](CO)[C@H](O)C(O)C1O)[C@H](O)CCCCCCCCCCCCCCCCCCC. The number of amides is 1. The van der Waals surface area contributed by atoms with Crippen LogP contribution in [0, 0.1) is 0 Å². The first-order valence-electron chi connectivity index (χ1n) is 27.7. The topological polar surface area (TPSA) is 149 Å². The Morgan fingerprint density at radius 3 is 1.13 bits per heavy atom. The number of carbonyl (C=O) groups is 1. The highest BCUT2D eigenvalue weighted by molar-refractivity contribution is 5.76. The molecule has 7 atom stereocenters. The van der Waals surface area contributed by atoms with E-state index in [4.69, 9.17) is 9.47 Å². The van der Waals surface area contributed by atoms with Gasteiger partial charge in [-0.05, 0) is 12.8 Å². The van der Waals surface area contributed by atoms with Gasteiger partial charge in [0.15, 0.2) is 6.29 Å². The molecule has 1 rings (SSSR count). The van der Waals surface area contributed by atoms with E-state index in [0.29, 0.717) is 12.8 Å². The van der Waals surface area contributed by atoms with Gasteiger partial charge in [-0.2, -0.15) is 0 Å². The molecule has 9 nitrogen and oxygen atoms in total. The van der Waals surface area contributed by atoms with E-state index in [-0.39, 0.29) is 12.5 Å². The summed E-state index contributed by atoms with van der Waals surface area (Å²) in [6, 6.07) is -0.713. The van der Waals surface area contributed by atoms with E-state index in [1.807, 2.05) is 0 Å². The Hall–Kier alpha value is -0.810. The maximum atomic E-state index is 13.1. The standard InChI is InChI=1S/C54H107NO8/c1-3-5-7-9-11-13-15-17-19-21-22-23-24-25-26-28-30-32-34-36-38-40-42-44-50(58)55-47(46-62-54-53(61)52(60)51(59)49(45-56)63-54)48(57)43-41-39-37-35-33-31-29-27-20-18-16-14-12-10-8-6-4-2/h47-49,51-54,56-57,59-61H,3-46H2,1-2H3,(H,55,58)/t47-,48+,49-,51-,52?,53?,54-/m0/s1. The molecular formula is C54H107NO8. The lowest BCUT2D eigenvalue weighted by Crippen LogP contribution is -2.60. The van der Waals surface area contributed by atoms with Crippen molar-refractivity contribution in [1.29, 1.82) is 0 Å². The minimum absolute atomic E-state index is 0.131. The normalized spacial score (nSPS) is 20.0. The van der Waals surface area contributed by atoms with Gasteiger partial charge in [-0.1, -0.05) is 264 Å². The predicted molar refractivity (Wildman–Crippen MR) is 263 cm³/mol. The fourth-order valence-electron chi connectivity index (χ4n) is 9.28. The fourth-order valence-corrected chi connectivity index (χ4v) is 9.28. The van der Waals surface area contributed by atoms with Gasteiger partial charge in [0.05, 0.1) is 25.4 Å². The first kappa shape index (κ1) is 60.2. The summed E-state index contributed by atoms with van der Waals surface area (Å²) in [4.78, 5) is 13.1. The molecule has 9 heteroatoms. The molecule has 376 valence electrons. The molecule has 6 N–H and O–H groups in total. The molecule has 1 amide bonds. The molecule has 1 saturated heterocycles. The number of nitrogens with one attached hydrogen (secondary N) is 1. The number of carbonyl (C=O) groups excluding carboxylic acids is 1. The van der Waals surface area contributed by atoms with E-state index in [2.05, 4.69) is 19.2 Å². The van der Waals surface area contributed by atoms with Crippen LogP contribution in [0.2, 0.25) is 0 Å². The van der Waals surface area contributed by atoms with Crippen molar-refractivity contribution in [3.63, 3.8) is 0 Å². The second kappa shape index (κ2) is 45.0. The van der Waals surface area contributed by atoms with E-state index >= 15 is 0 Å². The highest BCUT2D eigenvalue weighted by Crippen LogP contribution is 2.23. The first-order valence-corrected chi connectivity index (χ1v) is 27.7. The van der Waals surface area contributed by atoms with Gasteiger partial charge >= 0.3 is 0 Å². The van der Waals surface area contributed by atoms with Gasteiger partial charge in [0, 0.05) is 6.42 Å². The van der Waals surface area contributed by atoms with Gasteiger partial charge in [-0.15, -0.1) is 0 Å². The van der Waals surface area contributed by atoms with E-state index in [1.165, 1.54) is 218 Å². The van der Waals surface area contributed by atoms with Gasteiger partial charge in [0.2, 0.25) is 5.91 Å². The average Bonchev–Trinajstić information content (AvgIpc) is 3.28. The Morgan fingerprint density at radius 2 is 0.794 bits per heavy atom. The van der Waals surface area contributed by atoms with Crippen LogP contribution < -0.4 is 5.32 Å². The van der Waals surface area contributed by atoms with Crippen LogP contribution in [-0.4, -0.2) is 87.5 Å². The number of aliphatic hydroxyl groups excluding tert-OH is 5. The number of ether oxygens (including phenoxy) is 2. The van der Waals surface area contributed by atoms with Crippen molar-refractivity contribution < 1.29 is 39.8 Å². The van der Waals surface area contributed by atoms with E-state index < -0.39 is 49.5 Å². The number of unbranched alkanes of at least 4 members (excludes halogenated alkanes) is 38. The molecule has 1 aliphatic heterocycles. The number of rotatable bonds is 48. The number of hydrogen-bond donors (Lipinski definition) is 6. The number of aliphatic hydroxyl groups is 5. The molecule has 0 aromatic carbocycles. The average molecular weight is 898 g/mol. The van der Waals surface area contributed by atoms with Crippen molar-refractivity contribution >= 4 is 5.91 Å². The summed E-state index contributed by atoms with van der Waals surface area (Å²) in [5.41, 5.74) is 0. The van der Waals surface area contributed by atoms with E-state index in [0.717, 1.165) is 38.5 Å². The van der Waals surface area contributed by atoms with E-state index in [9.17, 15) is 30.3 Å². The van der Waals surface area contributed by atoms with Crippen LogP contribution in [0.3, 0.4) is 0 Å². The Balaban J connectivity index is 2.20. The molecule has 0 aromatic rings. The van der Waals surface area contributed by atoms with Crippen LogP contribution in [0.5, 0.6) is 0 Å². The molecule has 0 aliphatic carbocycles. The molecule has 0 radical (unpaired) electrons. The van der Waals surface area contributed by atoms with Crippen LogP contribution in [-0.2, 0) is 14.3 Å². The fraction of sp³-hybridized carbons (Fsp3) is 0.981. The van der Waals surface area contributed by atoms with E-state index in [1.54, 1.807) is 0 Å². The Morgan fingerprint density at radius 1 is 0.476 bits per heavy atom. The molecule has 1 heterocycles. The second-order valence-corrected chi connectivity index (χ2v) is 19.7. The zero-order valence-electron chi connectivity index (χ0n) is 41.6. The lowest BCUT2D eigenvalue weighted by atomic mass is 9.99. The minimum Gasteiger partial charge on any atom is -0.394 e. The monoisotopic (exact) mass is 898 g/mol. The first-order chi connectivity index (χ1) is 30.8. The molecule has 1 aliphatic rings. The summed E-state index contributed by atoms with van der Waals surface area (Å²) >= 11 is 0. The Kier molecular flexibility index (Phi) is 43.0. The third-order valence-corrected chi connectivity index (χ3v) is 13.7. The minimum atomic E-state index is -1.55. The van der Waals surface area contributed by atoms with Crippen molar-refractivity contribution in [2.45, 2.75) is 326 Å². The molecule has 0 spiro atoms. The largest absolute Gasteiger partial charge is 0.394 e. The van der Waals surface area contributed by atoms with Crippen LogP contribution in [0.1, 0.15) is 284 Å². The summed E-state index contributed by atoms with van der Waals surface area (Å²) in [6.07, 6.45) is 45.5. The van der Waals surface area contributed by atoms with Crippen LogP contribution in [0.25, 0.3) is 0 Å². The Labute approximate surface area is 389 Å². The van der Waals surface area contributed by atoms with Crippen molar-refractivity contribution in [3.8, 4) is 0 Å². The molecule has 63 heavy (non-hydrogen) atoms. The maximum Gasteiger partial charge on any atom is 0.220 e.